The van der Waals surface area contributed by atoms with Gasteiger partial charge in [0, 0.05) is 25.4 Å². The van der Waals surface area contributed by atoms with Crippen LogP contribution < -0.4 is 4.74 Å². The Morgan fingerprint density at radius 2 is 1.85 bits per heavy atom. The Balaban J connectivity index is 1.94. The third-order valence-corrected chi connectivity index (χ3v) is 4.65. The Hall–Kier alpha value is -2.43. The molecule has 136 valence electrons. The van der Waals surface area contributed by atoms with E-state index in [-0.39, 0.29) is 18.8 Å². The molecule has 4 heteroatoms. The van der Waals surface area contributed by atoms with Crippen LogP contribution in [0.1, 0.15) is 36.8 Å². The molecule has 0 bridgehead atoms. The molecule has 1 aromatic heterocycles. The first-order valence-electron chi connectivity index (χ1n) is 8.94. The molecule has 0 aliphatic rings. The summed E-state index contributed by atoms with van der Waals surface area (Å²) in [6.07, 6.45) is 4.76. The quantitative estimate of drug-likeness (QED) is 0.607. The van der Waals surface area contributed by atoms with Gasteiger partial charge in [-0.1, -0.05) is 37.3 Å². The van der Waals surface area contributed by atoms with Crippen LogP contribution in [-0.2, 0) is 4.74 Å². The summed E-state index contributed by atoms with van der Waals surface area (Å²) in [7, 11) is 1.61. The minimum Gasteiger partial charge on any atom is -0.468 e. The van der Waals surface area contributed by atoms with Crippen LogP contribution in [0.3, 0.4) is 0 Å². The van der Waals surface area contributed by atoms with Crippen molar-refractivity contribution in [2.75, 3.05) is 13.9 Å². The Morgan fingerprint density at radius 1 is 1.04 bits per heavy atom. The van der Waals surface area contributed by atoms with Gasteiger partial charge in [-0.05, 0) is 52.9 Å². The normalized spacial score (nSPS) is 13.5. The van der Waals surface area contributed by atoms with Gasteiger partial charge < -0.3 is 14.6 Å². The summed E-state index contributed by atoms with van der Waals surface area (Å²) in [5.41, 5.74) is 2.31. The lowest BCUT2D eigenvalue weighted by Gasteiger charge is -2.21. The number of methoxy groups -OCH3 is 1. The third-order valence-electron chi connectivity index (χ3n) is 4.65. The highest BCUT2D eigenvalue weighted by Gasteiger charge is 2.18. The number of aromatic nitrogens is 1. The average Bonchev–Trinajstić information content (AvgIpc) is 2.70. The van der Waals surface area contributed by atoms with Crippen LogP contribution in [0.15, 0.2) is 60.9 Å². The van der Waals surface area contributed by atoms with Crippen molar-refractivity contribution >= 4 is 10.8 Å². The first-order chi connectivity index (χ1) is 12.7. The van der Waals surface area contributed by atoms with Crippen molar-refractivity contribution in [3.8, 4) is 5.75 Å². The molecule has 2 aromatic carbocycles. The van der Waals surface area contributed by atoms with Crippen LogP contribution in [0.25, 0.3) is 10.8 Å². The molecule has 2 atom stereocenters. The molecule has 0 saturated heterocycles. The largest absolute Gasteiger partial charge is 0.468 e. The fraction of sp³-hybridized carbons (Fsp3) is 0.318. The Bertz CT molecular complexity index is 835. The molecule has 4 nitrogen and oxygen atoms in total. The van der Waals surface area contributed by atoms with Crippen molar-refractivity contribution in [3.63, 3.8) is 0 Å². The number of nitrogens with zero attached hydrogens (tertiary/aromatic N) is 1. The van der Waals surface area contributed by atoms with Gasteiger partial charge in [0.2, 0.25) is 0 Å². The van der Waals surface area contributed by atoms with E-state index in [9.17, 15) is 5.11 Å². The van der Waals surface area contributed by atoms with Crippen molar-refractivity contribution in [1.82, 2.24) is 4.98 Å². The lowest BCUT2D eigenvalue weighted by atomic mass is 9.86. The number of hydrogen-bond donors (Lipinski definition) is 1. The van der Waals surface area contributed by atoms with E-state index in [4.69, 9.17) is 9.47 Å². The second-order valence-corrected chi connectivity index (χ2v) is 6.46. The molecule has 0 aliphatic carbocycles. The number of benzene rings is 2. The topological polar surface area (TPSA) is 51.6 Å². The highest BCUT2D eigenvalue weighted by Crippen LogP contribution is 2.32. The highest BCUT2D eigenvalue weighted by atomic mass is 16.7. The van der Waals surface area contributed by atoms with Crippen LogP contribution >= 0.6 is 0 Å². The van der Waals surface area contributed by atoms with E-state index in [2.05, 4.69) is 35.3 Å². The molecule has 0 saturated carbocycles. The van der Waals surface area contributed by atoms with E-state index in [1.165, 1.54) is 5.56 Å². The summed E-state index contributed by atoms with van der Waals surface area (Å²) >= 11 is 0. The van der Waals surface area contributed by atoms with Gasteiger partial charge in [-0.2, -0.15) is 0 Å². The van der Waals surface area contributed by atoms with Gasteiger partial charge in [-0.3, -0.25) is 4.98 Å². The maximum atomic E-state index is 10.2. The van der Waals surface area contributed by atoms with E-state index >= 15 is 0 Å². The maximum absolute atomic E-state index is 10.2. The monoisotopic (exact) mass is 351 g/mol. The van der Waals surface area contributed by atoms with Crippen molar-refractivity contribution in [2.45, 2.75) is 31.8 Å². The number of fused-ring (bicyclic) bond motifs is 1. The van der Waals surface area contributed by atoms with Gasteiger partial charge in [-0.15, -0.1) is 0 Å². The van der Waals surface area contributed by atoms with Gasteiger partial charge in [0.15, 0.2) is 6.79 Å². The zero-order valence-electron chi connectivity index (χ0n) is 15.3. The number of hydrogen-bond acceptors (Lipinski definition) is 4. The van der Waals surface area contributed by atoms with E-state index in [0.717, 1.165) is 28.5 Å². The van der Waals surface area contributed by atoms with Gasteiger partial charge in [0.25, 0.3) is 0 Å². The Morgan fingerprint density at radius 3 is 2.58 bits per heavy atom. The lowest BCUT2D eigenvalue weighted by Crippen LogP contribution is -2.12. The second kappa shape index (κ2) is 8.79. The van der Waals surface area contributed by atoms with E-state index in [0.29, 0.717) is 6.42 Å². The van der Waals surface area contributed by atoms with Crippen LogP contribution in [-0.4, -0.2) is 30.1 Å². The molecule has 0 radical (unpaired) electrons. The van der Waals surface area contributed by atoms with Gasteiger partial charge in [-0.25, -0.2) is 0 Å². The number of pyridine rings is 1. The maximum Gasteiger partial charge on any atom is 0.188 e. The minimum absolute atomic E-state index is 0.118. The molecule has 0 amide bonds. The third kappa shape index (κ3) is 4.40. The molecule has 26 heavy (non-hydrogen) atoms. The van der Waals surface area contributed by atoms with Gasteiger partial charge in [0.1, 0.15) is 5.75 Å². The standard InChI is InChI=1S/C22H25NO3/c1-3-20(24)13-22(19-5-4-10-23-14-19)18-7-6-17-12-21(26-15-25-2)9-8-16(17)11-18/h4-12,14,20,22,24H,3,13,15H2,1-2H3. The van der Waals surface area contributed by atoms with E-state index in [1.54, 1.807) is 13.3 Å². The molecule has 3 rings (SSSR count). The van der Waals surface area contributed by atoms with Crippen LogP contribution in [0.2, 0.25) is 0 Å². The zero-order valence-corrected chi connectivity index (χ0v) is 15.3. The number of aliphatic hydroxyl groups excluding tert-OH is 1. The fourth-order valence-electron chi connectivity index (χ4n) is 3.16. The molecular formula is C22H25NO3. The van der Waals surface area contributed by atoms with Crippen molar-refractivity contribution in [2.24, 2.45) is 0 Å². The predicted octanol–water partition coefficient (Wildman–Crippen LogP) is 4.51. The second-order valence-electron chi connectivity index (χ2n) is 6.46. The fourth-order valence-corrected chi connectivity index (χ4v) is 3.16. The SMILES string of the molecule is CCC(O)CC(c1cccnc1)c1ccc2cc(OCOC)ccc2c1. The van der Waals surface area contributed by atoms with Crippen LogP contribution in [0.4, 0.5) is 0 Å². The van der Waals surface area contributed by atoms with Crippen LogP contribution in [0, 0.1) is 0 Å². The van der Waals surface area contributed by atoms with E-state index in [1.807, 2.05) is 31.3 Å². The summed E-state index contributed by atoms with van der Waals surface area (Å²) < 4.78 is 10.5. The molecule has 1 N–H and O–H groups in total. The molecule has 1 heterocycles. The van der Waals surface area contributed by atoms with Crippen molar-refractivity contribution < 1.29 is 14.6 Å². The zero-order chi connectivity index (χ0) is 18.4. The minimum atomic E-state index is -0.333. The smallest absolute Gasteiger partial charge is 0.188 e. The Kier molecular flexibility index (Phi) is 6.21. The van der Waals surface area contributed by atoms with Gasteiger partial charge in [0.05, 0.1) is 6.10 Å². The molecule has 3 aromatic rings. The Labute approximate surface area is 154 Å². The first-order valence-corrected chi connectivity index (χ1v) is 8.94. The highest BCUT2D eigenvalue weighted by molar-refractivity contribution is 5.84. The number of ether oxygens (including phenoxy) is 2. The molecule has 0 aliphatic heterocycles. The summed E-state index contributed by atoms with van der Waals surface area (Å²) in [5, 5.41) is 12.5. The summed E-state index contributed by atoms with van der Waals surface area (Å²) in [6, 6.07) is 16.5. The number of aliphatic hydroxyl groups is 1. The summed E-state index contributed by atoms with van der Waals surface area (Å²) in [6.45, 7) is 2.24. The van der Waals surface area contributed by atoms with Crippen molar-refractivity contribution in [1.29, 1.82) is 0 Å². The first kappa shape index (κ1) is 18.4. The molecular weight excluding hydrogens is 326 g/mol. The van der Waals surface area contributed by atoms with Crippen molar-refractivity contribution in [3.05, 3.63) is 72.1 Å². The lowest BCUT2D eigenvalue weighted by molar-refractivity contribution is 0.0512. The number of rotatable bonds is 8. The molecule has 2 unspecified atom stereocenters. The van der Waals surface area contributed by atoms with Crippen LogP contribution in [0.5, 0.6) is 5.75 Å². The van der Waals surface area contributed by atoms with E-state index < -0.39 is 0 Å². The predicted molar refractivity (Wildman–Crippen MR) is 103 cm³/mol. The average molecular weight is 351 g/mol. The molecule has 0 fully saturated rings. The summed E-state index contributed by atoms with van der Waals surface area (Å²) in [4.78, 5) is 4.26. The molecule has 0 spiro atoms. The van der Waals surface area contributed by atoms with Gasteiger partial charge >= 0.3 is 0 Å². The summed E-state index contributed by atoms with van der Waals surface area (Å²) in [5.74, 6) is 0.907.